The van der Waals surface area contributed by atoms with E-state index in [2.05, 4.69) is 21.6 Å². The molecule has 8 heteroatoms. The van der Waals surface area contributed by atoms with Gasteiger partial charge in [0.15, 0.2) is 0 Å². The fourth-order valence-corrected chi connectivity index (χ4v) is 3.61. The van der Waals surface area contributed by atoms with E-state index >= 15 is 0 Å². The van der Waals surface area contributed by atoms with Gasteiger partial charge in [-0.3, -0.25) is 4.79 Å². The van der Waals surface area contributed by atoms with Crippen molar-refractivity contribution in [3.05, 3.63) is 59.2 Å². The summed E-state index contributed by atoms with van der Waals surface area (Å²) in [6.45, 7) is 6.39. The Morgan fingerprint density at radius 1 is 1.17 bits per heavy atom. The van der Waals surface area contributed by atoms with Crippen molar-refractivity contribution >= 4 is 23.4 Å². The lowest BCUT2D eigenvalue weighted by Crippen LogP contribution is -2.33. The van der Waals surface area contributed by atoms with Crippen LogP contribution in [0.2, 0.25) is 0 Å². The van der Waals surface area contributed by atoms with Gasteiger partial charge in [-0.15, -0.1) is 5.10 Å². The van der Waals surface area contributed by atoms with E-state index in [1.807, 2.05) is 63.2 Å². The van der Waals surface area contributed by atoms with Gasteiger partial charge in [-0.25, -0.2) is 0 Å². The monoisotopic (exact) mass is 406 g/mol. The Bertz CT molecular complexity index is 1060. The second kappa shape index (κ2) is 9.34. The number of aromatic nitrogens is 4. The maximum atomic E-state index is 13.0. The third-order valence-electron chi connectivity index (χ3n) is 4.56. The molecular formula is C21H22N6OS. The standard InChI is InChI=1S/C21H22N6OS/c1-15-6-4-7-19(12-15)27-21(23-24-25-27)29-14-20(28)26(11-5-10-22)18-9-8-16(2)17(3)13-18/h4,6-9,12-13H,5,11,14H2,1-3H3. The number of thioether (sulfide) groups is 1. The number of nitrogens with zero attached hydrogens (tertiary/aromatic N) is 6. The molecule has 0 atom stereocenters. The second-order valence-electron chi connectivity index (χ2n) is 6.72. The number of rotatable bonds is 7. The van der Waals surface area contributed by atoms with Crippen LogP contribution < -0.4 is 4.90 Å². The molecule has 0 aliphatic rings. The summed E-state index contributed by atoms with van der Waals surface area (Å²) in [5.41, 5.74) is 5.01. The van der Waals surface area contributed by atoms with Gasteiger partial charge >= 0.3 is 0 Å². The zero-order valence-electron chi connectivity index (χ0n) is 16.7. The molecular weight excluding hydrogens is 384 g/mol. The summed E-state index contributed by atoms with van der Waals surface area (Å²) < 4.78 is 1.63. The van der Waals surface area contributed by atoms with Crippen molar-refractivity contribution in [3.63, 3.8) is 0 Å². The molecule has 3 aromatic rings. The van der Waals surface area contributed by atoms with Crippen LogP contribution in [0.4, 0.5) is 5.69 Å². The number of hydrogen-bond acceptors (Lipinski definition) is 6. The molecule has 0 N–H and O–H groups in total. The van der Waals surface area contributed by atoms with Crippen LogP contribution in [0.3, 0.4) is 0 Å². The first-order chi connectivity index (χ1) is 14.0. The summed E-state index contributed by atoms with van der Waals surface area (Å²) in [6, 6.07) is 15.8. The molecule has 29 heavy (non-hydrogen) atoms. The van der Waals surface area contributed by atoms with Crippen LogP contribution in [0.15, 0.2) is 47.6 Å². The van der Waals surface area contributed by atoms with Crippen molar-refractivity contribution in [2.24, 2.45) is 0 Å². The van der Waals surface area contributed by atoms with Gasteiger partial charge in [0.2, 0.25) is 11.1 Å². The van der Waals surface area contributed by atoms with Crippen LogP contribution >= 0.6 is 11.8 Å². The molecule has 0 spiro atoms. The molecule has 0 saturated heterocycles. The Hall–Kier alpha value is -3.18. The number of carbonyl (C=O) groups is 1. The summed E-state index contributed by atoms with van der Waals surface area (Å²) in [5, 5.41) is 21.4. The molecule has 0 aliphatic carbocycles. The van der Waals surface area contributed by atoms with E-state index in [1.165, 1.54) is 11.8 Å². The zero-order valence-corrected chi connectivity index (χ0v) is 17.5. The van der Waals surface area contributed by atoms with E-state index in [1.54, 1.807) is 9.58 Å². The predicted octanol–water partition coefficient (Wildman–Crippen LogP) is 3.63. The molecule has 0 radical (unpaired) electrons. The highest BCUT2D eigenvalue weighted by molar-refractivity contribution is 7.99. The second-order valence-corrected chi connectivity index (χ2v) is 7.67. The Balaban J connectivity index is 1.77. The van der Waals surface area contributed by atoms with Gasteiger partial charge in [0.05, 0.1) is 23.9 Å². The van der Waals surface area contributed by atoms with Gasteiger partial charge in [-0.1, -0.05) is 30.0 Å². The van der Waals surface area contributed by atoms with Crippen molar-refractivity contribution in [1.29, 1.82) is 5.26 Å². The smallest absolute Gasteiger partial charge is 0.237 e. The molecule has 0 bridgehead atoms. The van der Waals surface area contributed by atoms with Gasteiger partial charge in [0, 0.05) is 12.2 Å². The number of nitriles is 1. The van der Waals surface area contributed by atoms with Gasteiger partial charge in [-0.2, -0.15) is 9.94 Å². The summed E-state index contributed by atoms with van der Waals surface area (Å²) >= 11 is 1.28. The van der Waals surface area contributed by atoms with Crippen LogP contribution in [0, 0.1) is 32.1 Å². The minimum Gasteiger partial charge on any atom is -0.311 e. The van der Waals surface area contributed by atoms with E-state index in [-0.39, 0.29) is 18.1 Å². The molecule has 1 amide bonds. The van der Waals surface area contributed by atoms with E-state index in [0.29, 0.717) is 11.7 Å². The number of tetrazole rings is 1. The van der Waals surface area contributed by atoms with Crippen LogP contribution in [0.1, 0.15) is 23.1 Å². The van der Waals surface area contributed by atoms with E-state index < -0.39 is 0 Å². The summed E-state index contributed by atoms with van der Waals surface area (Å²) in [5.74, 6) is 0.0807. The zero-order chi connectivity index (χ0) is 20.8. The number of anilines is 1. The largest absolute Gasteiger partial charge is 0.311 e. The van der Waals surface area contributed by atoms with Crippen LogP contribution in [-0.4, -0.2) is 38.4 Å². The van der Waals surface area contributed by atoms with Gasteiger partial charge in [-0.05, 0) is 72.2 Å². The Morgan fingerprint density at radius 2 is 2.00 bits per heavy atom. The number of hydrogen-bond donors (Lipinski definition) is 0. The summed E-state index contributed by atoms with van der Waals surface area (Å²) in [6.07, 6.45) is 0.268. The summed E-state index contributed by atoms with van der Waals surface area (Å²) in [7, 11) is 0. The molecule has 2 aromatic carbocycles. The Kier molecular flexibility index (Phi) is 6.62. The topological polar surface area (TPSA) is 87.7 Å². The quantitative estimate of drug-likeness (QED) is 0.557. The first-order valence-corrected chi connectivity index (χ1v) is 10.2. The molecule has 7 nitrogen and oxygen atoms in total. The lowest BCUT2D eigenvalue weighted by Gasteiger charge is -2.22. The highest BCUT2D eigenvalue weighted by Gasteiger charge is 2.18. The number of carbonyl (C=O) groups excluding carboxylic acids is 1. The lowest BCUT2D eigenvalue weighted by atomic mass is 10.1. The van der Waals surface area contributed by atoms with E-state index in [9.17, 15) is 4.79 Å². The average Bonchev–Trinajstić information content (AvgIpc) is 3.18. The highest BCUT2D eigenvalue weighted by Crippen LogP contribution is 2.23. The molecule has 1 aromatic heterocycles. The third-order valence-corrected chi connectivity index (χ3v) is 5.47. The fourth-order valence-electron chi connectivity index (χ4n) is 2.85. The van der Waals surface area contributed by atoms with Crippen LogP contribution in [0.25, 0.3) is 5.69 Å². The fraction of sp³-hybridized carbons (Fsp3) is 0.286. The normalized spacial score (nSPS) is 10.6. The molecule has 1 heterocycles. The average molecular weight is 407 g/mol. The highest BCUT2D eigenvalue weighted by atomic mass is 32.2. The molecule has 148 valence electrons. The maximum Gasteiger partial charge on any atom is 0.237 e. The maximum absolute atomic E-state index is 13.0. The first-order valence-electron chi connectivity index (χ1n) is 9.22. The number of amides is 1. The third kappa shape index (κ3) is 5.00. The predicted molar refractivity (Wildman–Crippen MR) is 113 cm³/mol. The Morgan fingerprint density at radius 3 is 2.72 bits per heavy atom. The molecule has 0 unspecified atom stereocenters. The van der Waals surface area contributed by atoms with Crippen molar-refractivity contribution < 1.29 is 4.79 Å². The minimum absolute atomic E-state index is 0.0905. The van der Waals surface area contributed by atoms with Crippen LogP contribution in [0.5, 0.6) is 0 Å². The minimum atomic E-state index is -0.0905. The molecule has 0 fully saturated rings. The summed E-state index contributed by atoms with van der Waals surface area (Å²) in [4.78, 5) is 14.6. The van der Waals surface area contributed by atoms with Crippen molar-refractivity contribution in [2.45, 2.75) is 32.3 Å². The van der Waals surface area contributed by atoms with Gasteiger partial charge in [0.1, 0.15) is 0 Å². The van der Waals surface area contributed by atoms with Crippen LogP contribution in [-0.2, 0) is 4.79 Å². The van der Waals surface area contributed by atoms with E-state index in [0.717, 1.165) is 28.1 Å². The Labute approximate surface area is 174 Å². The number of benzene rings is 2. The lowest BCUT2D eigenvalue weighted by molar-refractivity contribution is -0.116. The SMILES string of the molecule is Cc1cccc(-n2nnnc2SCC(=O)N(CCC#N)c2ccc(C)c(C)c2)c1. The van der Waals surface area contributed by atoms with Gasteiger partial charge in [0.25, 0.3) is 0 Å². The van der Waals surface area contributed by atoms with E-state index in [4.69, 9.17) is 5.26 Å². The molecule has 3 rings (SSSR count). The number of aryl methyl sites for hydroxylation is 3. The molecule has 0 saturated carbocycles. The van der Waals surface area contributed by atoms with Gasteiger partial charge < -0.3 is 4.90 Å². The van der Waals surface area contributed by atoms with Crippen molar-refractivity contribution in [2.75, 3.05) is 17.2 Å². The first kappa shape index (κ1) is 20.6. The van der Waals surface area contributed by atoms with Crippen molar-refractivity contribution in [3.8, 4) is 11.8 Å². The molecule has 0 aliphatic heterocycles. The van der Waals surface area contributed by atoms with Crippen molar-refractivity contribution in [1.82, 2.24) is 20.2 Å².